The van der Waals surface area contributed by atoms with Crippen LogP contribution in [0.25, 0.3) is 0 Å². The molecule has 2 aromatic rings. The minimum atomic E-state index is -4.59. The fourth-order valence-electron chi connectivity index (χ4n) is 3.39. The summed E-state index contributed by atoms with van der Waals surface area (Å²) in [5, 5.41) is 0. The van der Waals surface area contributed by atoms with Crippen LogP contribution in [0.3, 0.4) is 0 Å². The lowest BCUT2D eigenvalue weighted by molar-refractivity contribution is -0.137. The van der Waals surface area contributed by atoms with Gasteiger partial charge in [-0.05, 0) is 24.6 Å². The third kappa shape index (κ3) is 3.51. The Hall–Kier alpha value is -2.40. The van der Waals surface area contributed by atoms with Gasteiger partial charge < -0.3 is 15.4 Å². The molecule has 1 aromatic heterocycles. The van der Waals surface area contributed by atoms with E-state index in [2.05, 4.69) is 30.9 Å². The van der Waals surface area contributed by atoms with E-state index in [1.165, 1.54) is 12.1 Å². The number of rotatable bonds is 3. The Kier molecular flexibility index (Phi) is 4.66. The lowest BCUT2D eigenvalue weighted by Crippen LogP contribution is -2.39. The highest BCUT2D eigenvalue weighted by molar-refractivity contribution is 9.10. The van der Waals surface area contributed by atoms with Crippen molar-refractivity contribution in [3.8, 4) is 0 Å². The second-order valence-corrected chi connectivity index (χ2v) is 7.52. The molecule has 7 nitrogen and oxygen atoms in total. The van der Waals surface area contributed by atoms with Crippen LogP contribution in [0.4, 0.5) is 30.6 Å². The number of morpholine rings is 1. The summed E-state index contributed by atoms with van der Waals surface area (Å²) in [6, 6.07) is 3.69. The smallest absolute Gasteiger partial charge is 0.383 e. The maximum atomic E-state index is 13.2. The second kappa shape index (κ2) is 6.89. The van der Waals surface area contributed by atoms with Crippen molar-refractivity contribution in [1.82, 2.24) is 9.97 Å². The van der Waals surface area contributed by atoms with Crippen molar-refractivity contribution in [2.24, 2.45) is 4.99 Å². The number of aliphatic imine (C=N–C) groups is 1. The van der Waals surface area contributed by atoms with Gasteiger partial charge in [-0.3, -0.25) is 14.8 Å². The number of nitrogen functional groups attached to an aromatic ring is 1. The molecular formula is C17H15BrF3N5O2. The van der Waals surface area contributed by atoms with Crippen molar-refractivity contribution in [3.63, 3.8) is 0 Å². The third-order valence-electron chi connectivity index (χ3n) is 4.74. The summed E-state index contributed by atoms with van der Waals surface area (Å²) in [7, 11) is 0. The number of ether oxygens (including phenoxy) is 1. The molecule has 4 rings (SSSR count). The largest absolute Gasteiger partial charge is 0.418 e. The highest BCUT2D eigenvalue weighted by Crippen LogP contribution is 2.38. The van der Waals surface area contributed by atoms with Crippen molar-refractivity contribution in [3.05, 3.63) is 44.2 Å². The van der Waals surface area contributed by atoms with Crippen LogP contribution in [0.2, 0.25) is 0 Å². The van der Waals surface area contributed by atoms with Gasteiger partial charge in [-0.1, -0.05) is 15.9 Å². The van der Waals surface area contributed by atoms with E-state index in [1.54, 1.807) is 0 Å². The lowest BCUT2D eigenvalue weighted by atomic mass is 10.1. The molecule has 0 amide bonds. The Labute approximate surface area is 165 Å². The fraction of sp³-hybridized carbons (Fsp3) is 0.353. The van der Waals surface area contributed by atoms with E-state index in [0.29, 0.717) is 19.1 Å². The summed E-state index contributed by atoms with van der Waals surface area (Å²) in [4.78, 5) is 25.0. The van der Waals surface area contributed by atoms with Gasteiger partial charge in [0.05, 0.1) is 30.0 Å². The molecule has 2 unspecified atom stereocenters. The molecule has 2 atom stereocenters. The van der Waals surface area contributed by atoms with Crippen molar-refractivity contribution in [1.29, 1.82) is 0 Å². The van der Waals surface area contributed by atoms with E-state index in [1.807, 2.05) is 4.90 Å². The van der Waals surface area contributed by atoms with Crippen LogP contribution in [0.1, 0.15) is 17.5 Å². The SMILES string of the molecule is Nc1nc(N2CC3CC2CO3)[nH]c(=O)c1C=Nc1ccc(Br)cc1C(F)(F)F. The van der Waals surface area contributed by atoms with E-state index in [-0.39, 0.29) is 33.7 Å². The number of aromatic nitrogens is 2. The van der Waals surface area contributed by atoms with Gasteiger partial charge in [-0.25, -0.2) is 0 Å². The van der Waals surface area contributed by atoms with Gasteiger partial charge in [0, 0.05) is 17.2 Å². The van der Waals surface area contributed by atoms with Crippen LogP contribution in [-0.2, 0) is 10.9 Å². The maximum absolute atomic E-state index is 13.2. The van der Waals surface area contributed by atoms with Crippen molar-refractivity contribution >= 4 is 39.6 Å². The summed E-state index contributed by atoms with van der Waals surface area (Å²) in [5.41, 5.74) is 3.97. The number of fused-ring (bicyclic) bond motifs is 2. The van der Waals surface area contributed by atoms with E-state index >= 15 is 0 Å². The Balaban J connectivity index is 1.65. The number of nitrogens with zero attached hydrogens (tertiary/aromatic N) is 3. The summed E-state index contributed by atoms with van der Waals surface area (Å²) >= 11 is 3.01. The van der Waals surface area contributed by atoms with Gasteiger partial charge >= 0.3 is 6.18 Å². The zero-order valence-corrected chi connectivity index (χ0v) is 15.9. The number of aromatic amines is 1. The number of nitrogens with two attached hydrogens (primary N) is 1. The zero-order chi connectivity index (χ0) is 20.1. The average Bonchev–Trinajstić information content (AvgIpc) is 3.24. The third-order valence-corrected chi connectivity index (χ3v) is 5.23. The first-order valence-corrected chi connectivity index (χ1v) is 9.20. The van der Waals surface area contributed by atoms with Crippen LogP contribution >= 0.6 is 15.9 Å². The van der Waals surface area contributed by atoms with Gasteiger partial charge in [0.1, 0.15) is 11.4 Å². The minimum absolute atomic E-state index is 0.0969. The van der Waals surface area contributed by atoms with E-state index in [4.69, 9.17) is 10.5 Å². The maximum Gasteiger partial charge on any atom is 0.418 e. The first-order chi connectivity index (χ1) is 13.2. The predicted octanol–water partition coefficient (Wildman–Crippen LogP) is 2.86. The number of nitrogens with one attached hydrogen (secondary N) is 1. The van der Waals surface area contributed by atoms with Crippen LogP contribution < -0.4 is 16.2 Å². The quantitative estimate of drug-likeness (QED) is 0.690. The monoisotopic (exact) mass is 457 g/mol. The van der Waals surface area contributed by atoms with Crippen LogP contribution in [0.15, 0.2) is 32.5 Å². The summed E-state index contributed by atoms with van der Waals surface area (Å²) in [6.07, 6.45) is -2.62. The Bertz CT molecular complexity index is 1010. The number of hydrogen-bond donors (Lipinski definition) is 2. The van der Waals surface area contributed by atoms with Gasteiger partial charge in [0.2, 0.25) is 5.95 Å². The Morgan fingerprint density at radius 1 is 1.43 bits per heavy atom. The number of anilines is 2. The summed E-state index contributed by atoms with van der Waals surface area (Å²) in [5.74, 6) is 0.229. The van der Waals surface area contributed by atoms with Crippen LogP contribution in [0.5, 0.6) is 0 Å². The van der Waals surface area contributed by atoms with Gasteiger partial charge in [0.25, 0.3) is 5.56 Å². The first-order valence-electron chi connectivity index (χ1n) is 8.41. The lowest BCUT2D eigenvalue weighted by Gasteiger charge is -2.27. The van der Waals surface area contributed by atoms with Crippen molar-refractivity contribution in [2.45, 2.75) is 24.7 Å². The van der Waals surface area contributed by atoms with E-state index in [0.717, 1.165) is 18.7 Å². The number of alkyl halides is 3. The zero-order valence-electron chi connectivity index (χ0n) is 14.3. The normalized spacial score (nSPS) is 21.8. The summed E-state index contributed by atoms with van der Waals surface area (Å²) < 4.78 is 45.4. The summed E-state index contributed by atoms with van der Waals surface area (Å²) in [6.45, 7) is 1.16. The standard InChI is InChI=1S/C17H15BrF3N5O2/c18-8-1-2-13(12(3-8)17(19,20)21)23-5-11-14(22)24-16(25-15(11)27)26-6-10-4-9(26)7-28-10/h1-3,5,9-10H,4,6-7H2,(H3,22,24,25,27). The second-order valence-electron chi connectivity index (χ2n) is 6.60. The highest BCUT2D eigenvalue weighted by atomic mass is 79.9. The number of halogens is 4. The van der Waals surface area contributed by atoms with E-state index in [9.17, 15) is 18.0 Å². The number of H-pyrrole nitrogens is 1. The molecule has 3 N–H and O–H groups in total. The molecule has 0 spiro atoms. The Morgan fingerprint density at radius 3 is 2.82 bits per heavy atom. The van der Waals surface area contributed by atoms with Crippen molar-refractivity contribution in [2.75, 3.05) is 23.8 Å². The molecule has 148 valence electrons. The molecule has 1 aromatic carbocycles. The molecule has 2 aliphatic heterocycles. The average molecular weight is 458 g/mol. The van der Waals surface area contributed by atoms with Crippen LogP contribution in [0, 0.1) is 0 Å². The molecule has 2 bridgehead atoms. The molecule has 0 aliphatic carbocycles. The van der Waals surface area contributed by atoms with Gasteiger partial charge in [-0.2, -0.15) is 18.2 Å². The molecular weight excluding hydrogens is 443 g/mol. The minimum Gasteiger partial charge on any atom is -0.383 e. The first kappa shape index (κ1) is 18.9. The molecule has 2 saturated heterocycles. The van der Waals surface area contributed by atoms with Crippen molar-refractivity contribution < 1.29 is 17.9 Å². The molecule has 28 heavy (non-hydrogen) atoms. The van der Waals surface area contributed by atoms with Gasteiger partial charge in [0.15, 0.2) is 0 Å². The van der Waals surface area contributed by atoms with E-state index < -0.39 is 17.3 Å². The number of benzene rings is 1. The van der Waals surface area contributed by atoms with Crippen LogP contribution in [-0.4, -0.2) is 41.5 Å². The highest BCUT2D eigenvalue weighted by Gasteiger charge is 2.40. The molecule has 0 radical (unpaired) electrons. The fourth-order valence-corrected chi connectivity index (χ4v) is 3.75. The Morgan fingerprint density at radius 2 is 2.21 bits per heavy atom. The molecule has 2 aliphatic rings. The molecule has 0 saturated carbocycles. The molecule has 2 fully saturated rings. The van der Waals surface area contributed by atoms with Gasteiger partial charge in [-0.15, -0.1) is 0 Å². The predicted molar refractivity (Wildman–Crippen MR) is 101 cm³/mol. The molecule has 3 heterocycles. The topological polar surface area (TPSA) is 96.6 Å². The molecule has 11 heteroatoms. The number of hydrogen-bond acceptors (Lipinski definition) is 6.